The minimum Gasteiger partial charge on any atom is -0.464 e. The van der Waals surface area contributed by atoms with Gasteiger partial charge in [-0.1, -0.05) is 19.9 Å². The summed E-state index contributed by atoms with van der Waals surface area (Å²) in [6.45, 7) is 4.06. The van der Waals surface area contributed by atoms with Crippen molar-refractivity contribution in [2.24, 2.45) is 0 Å². The highest BCUT2D eigenvalue weighted by molar-refractivity contribution is 5.87. The predicted molar refractivity (Wildman–Crippen MR) is 49.7 cm³/mol. The summed E-state index contributed by atoms with van der Waals surface area (Å²) in [4.78, 5) is 15.3. The molecule has 70 valence electrons. The molecule has 0 atom stereocenters. The van der Waals surface area contributed by atoms with Crippen LogP contribution in [0, 0.1) is 0 Å². The summed E-state index contributed by atoms with van der Waals surface area (Å²) < 4.78 is 4.57. The van der Waals surface area contributed by atoms with Gasteiger partial charge in [0.2, 0.25) is 0 Å². The van der Waals surface area contributed by atoms with E-state index in [0.717, 1.165) is 5.69 Å². The molecule has 0 saturated carbocycles. The summed E-state index contributed by atoms with van der Waals surface area (Å²) in [5.74, 6) is -0.0629. The van der Waals surface area contributed by atoms with Crippen molar-refractivity contribution >= 4 is 5.97 Å². The van der Waals surface area contributed by atoms with Crippen LogP contribution in [-0.4, -0.2) is 18.1 Å². The molecule has 3 nitrogen and oxygen atoms in total. The average Bonchev–Trinajstić information content (AvgIpc) is 2.17. The summed E-state index contributed by atoms with van der Waals surface area (Å²) in [7, 11) is 1.35. The van der Waals surface area contributed by atoms with Gasteiger partial charge in [0.25, 0.3) is 0 Å². The van der Waals surface area contributed by atoms with Crippen LogP contribution in [0.3, 0.4) is 0 Å². The number of methoxy groups -OCH3 is 1. The van der Waals surface area contributed by atoms with E-state index in [0.29, 0.717) is 11.6 Å². The maximum atomic E-state index is 11.1. The Morgan fingerprint density at radius 3 is 2.69 bits per heavy atom. The molecule has 0 amide bonds. The molecular formula is C10H13NO2. The number of hydrogen-bond acceptors (Lipinski definition) is 3. The molecule has 0 aromatic carbocycles. The van der Waals surface area contributed by atoms with Crippen molar-refractivity contribution in [3.05, 3.63) is 29.6 Å². The smallest absolute Gasteiger partial charge is 0.356 e. The fraction of sp³-hybridized carbons (Fsp3) is 0.400. The third kappa shape index (κ3) is 2.28. The van der Waals surface area contributed by atoms with Crippen LogP contribution in [0.1, 0.15) is 35.9 Å². The lowest BCUT2D eigenvalue weighted by atomic mass is 10.1. The van der Waals surface area contributed by atoms with Crippen LogP contribution in [0.2, 0.25) is 0 Å². The summed E-state index contributed by atoms with van der Waals surface area (Å²) in [6, 6.07) is 5.36. The second kappa shape index (κ2) is 4.03. The number of aromatic nitrogens is 1. The first-order chi connectivity index (χ1) is 6.15. The van der Waals surface area contributed by atoms with Crippen molar-refractivity contribution in [1.29, 1.82) is 0 Å². The number of carbonyl (C=O) groups is 1. The van der Waals surface area contributed by atoms with E-state index in [-0.39, 0.29) is 5.97 Å². The highest BCUT2D eigenvalue weighted by atomic mass is 16.5. The molecule has 1 aromatic rings. The first kappa shape index (κ1) is 9.71. The SMILES string of the molecule is COC(=O)c1cccc(C(C)C)n1. The van der Waals surface area contributed by atoms with E-state index in [1.165, 1.54) is 7.11 Å². The van der Waals surface area contributed by atoms with Crippen LogP contribution >= 0.6 is 0 Å². The largest absolute Gasteiger partial charge is 0.464 e. The van der Waals surface area contributed by atoms with Crippen LogP contribution in [-0.2, 0) is 4.74 Å². The van der Waals surface area contributed by atoms with Gasteiger partial charge in [0.15, 0.2) is 0 Å². The minimum absolute atomic E-state index is 0.324. The Morgan fingerprint density at radius 1 is 1.46 bits per heavy atom. The van der Waals surface area contributed by atoms with E-state index >= 15 is 0 Å². The summed E-state index contributed by atoms with van der Waals surface area (Å²) >= 11 is 0. The molecular weight excluding hydrogens is 166 g/mol. The Balaban J connectivity index is 2.98. The molecule has 0 N–H and O–H groups in total. The average molecular weight is 179 g/mol. The number of esters is 1. The molecule has 1 rings (SSSR count). The van der Waals surface area contributed by atoms with Crippen LogP contribution in [0.4, 0.5) is 0 Å². The first-order valence-electron chi connectivity index (χ1n) is 4.20. The minimum atomic E-state index is -0.387. The van der Waals surface area contributed by atoms with Crippen molar-refractivity contribution in [2.45, 2.75) is 19.8 Å². The van der Waals surface area contributed by atoms with Gasteiger partial charge in [-0.05, 0) is 18.1 Å². The van der Waals surface area contributed by atoms with E-state index in [1.54, 1.807) is 6.07 Å². The fourth-order valence-electron chi connectivity index (χ4n) is 0.991. The predicted octanol–water partition coefficient (Wildman–Crippen LogP) is 1.99. The van der Waals surface area contributed by atoms with E-state index in [4.69, 9.17) is 0 Å². The number of rotatable bonds is 2. The van der Waals surface area contributed by atoms with Crippen LogP contribution in [0.5, 0.6) is 0 Å². The maximum Gasteiger partial charge on any atom is 0.356 e. The molecule has 0 aliphatic carbocycles. The summed E-state index contributed by atoms with van der Waals surface area (Å²) in [6.07, 6.45) is 0. The monoisotopic (exact) mass is 179 g/mol. The van der Waals surface area contributed by atoms with Crippen molar-refractivity contribution in [3.8, 4) is 0 Å². The Hall–Kier alpha value is -1.38. The molecule has 0 aliphatic rings. The second-order valence-electron chi connectivity index (χ2n) is 3.09. The highest BCUT2D eigenvalue weighted by Crippen LogP contribution is 2.11. The lowest BCUT2D eigenvalue weighted by Gasteiger charge is -2.05. The van der Waals surface area contributed by atoms with Gasteiger partial charge in [-0.15, -0.1) is 0 Å². The summed E-state index contributed by atoms with van der Waals surface area (Å²) in [5.41, 5.74) is 1.27. The quantitative estimate of drug-likeness (QED) is 0.652. The van der Waals surface area contributed by atoms with Crippen molar-refractivity contribution in [1.82, 2.24) is 4.98 Å². The molecule has 0 fully saturated rings. The highest BCUT2D eigenvalue weighted by Gasteiger charge is 2.08. The molecule has 0 bridgehead atoms. The number of carbonyl (C=O) groups excluding carboxylic acids is 1. The molecule has 0 spiro atoms. The maximum absolute atomic E-state index is 11.1. The second-order valence-corrected chi connectivity index (χ2v) is 3.09. The van der Waals surface area contributed by atoms with E-state index in [9.17, 15) is 4.79 Å². The number of nitrogens with zero attached hydrogens (tertiary/aromatic N) is 1. The Labute approximate surface area is 77.8 Å². The van der Waals surface area contributed by atoms with Gasteiger partial charge in [0.1, 0.15) is 5.69 Å². The molecule has 3 heteroatoms. The van der Waals surface area contributed by atoms with Crippen molar-refractivity contribution < 1.29 is 9.53 Å². The lowest BCUT2D eigenvalue weighted by molar-refractivity contribution is 0.0593. The van der Waals surface area contributed by atoms with Crippen molar-refractivity contribution in [3.63, 3.8) is 0 Å². The van der Waals surface area contributed by atoms with E-state index < -0.39 is 0 Å². The lowest BCUT2D eigenvalue weighted by Crippen LogP contribution is -2.06. The Morgan fingerprint density at radius 2 is 2.15 bits per heavy atom. The standard InChI is InChI=1S/C10H13NO2/c1-7(2)8-5-4-6-9(11-8)10(12)13-3/h4-7H,1-3H3. The normalized spacial score (nSPS) is 10.2. The van der Waals surface area contributed by atoms with E-state index in [2.05, 4.69) is 9.72 Å². The fourth-order valence-corrected chi connectivity index (χ4v) is 0.991. The zero-order valence-corrected chi connectivity index (χ0v) is 8.07. The number of hydrogen-bond donors (Lipinski definition) is 0. The number of ether oxygens (including phenoxy) is 1. The van der Waals surface area contributed by atoms with Gasteiger partial charge < -0.3 is 4.74 Å². The van der Waals surface area contributed by atoms with Crippen molar-refractivity contribution in [2.75, 3.05) is 7.11 Å². The Bertz CT molecular complexity index is 308. The van der Waals surface area contributed by atoms with Crippen LogP contribution in [0.25, 0.3) is 0 Å². The molecule has 1 aromatic heterocycles. The molecule has 0 unspecified atom stereocenters. The zero-order valence-electron chi connectivity index (χ0n) is 8.07. The molecule has 0 aliphatic heterocycles. The topological polar surface area (TPSA) is 39.2 Å². The first-order valence-corrected chi connectivity index (χ1v) is 4.20. The van der Waals surface area contributed by atoms with Gasteiger partial charge in [0, 0.05) is 5.69 Å². The van der Waals surface area contributed by atoms with E-state index in [1.807, 2.05) is 26.0 Å². The van der Waals surface area contributed by atoms with Gasteiger partial charge in [-0.2, -0.15) is 0 Å². The molecule has 1 heterocycles. The van der Waals surface area contributed by atoms with Gasteiger partial charge >= 0.3 is 5.97 Å². The van der Waals surface area contributed by atoms with Gasteiger partial charge in [-0.3, -0.25) is 0 Å². The number of pyridine rings is 1. The van der Waals surface area contributed by atoms with Crippen LogP contribution < -0.4 is 0 Å². The van der Waals surface area contributed by atoms with Crippen LogP contribution in [0.15, 0.2) is 18.2 Å². The molecule has 0 radical (unpaired) electrons. The third-order valence-corrected chi connectivity index (χ3v) is 1.76. The van der Waals surface area contributed by atoms with Gasteiger partial charge in [0.05, 0.1) is 7.11 Å². The Kier molecular flexibility index (Phi) is 3.01. The van der Waals surface area contributed by atoms with Gasteiger partial charge in [-0.25, -0.2) is 9.78 Å². The molecule has 0 saturated heterocycles. The molecule has 13 heavy (non-hydrogen) atoms. The zero-order chi connectivity index (χ0) is 9.84. The summed E-state index contributed by atoms with van der Waals surface area (Å²) in [5, 5.41) is 0. The third-order valence-electron chi connectivity index (χ3n) is 1.76.